The minimum atomic E-state index is -0.501. The Morgan fingerprint density at radius 3 is 2.58 bits per heavy atom. The molecule has 31 heavy (non-hydrogen) atoms. The van der Waals surface area contributed by atoms with E-state index < -0.39 is 17.1 Å². The van der Waals surface area contributed by atoms with Crippen molar-refractivity contribution in [2.24, 2.45) is 0 Å². The van der Waals surface area contributed by atoms with Crippen LogP contribution in [0.2, 0.25) is 0 Å². The van der Waals surface area contributed by atoms with E-state index >= 15 is 0 Å². The lowest BCUT2D eigenvalue weighted by atomic mass is 10.2. The van der Waals surface area contributed by atoms with E-state index in [1.54, 1.807) is 37.3 Å². The van der Waals surface area contributed by atoms with E-state index in [-0.39, 0.29) is 37.1 Å². The van der Waals surface area contributed by atoms with E-state index in [0.29, 0.717) is 17.1 Å². The molecule has 1 aliphatic rings. The van der Waals surface area contributed by atoms with Crippen molar-refractivity contribution < 1.29 is 33.0 Å². The molecule has 0 atom stereocenters. The van der Waals surface area contributed by atoms with Gasteiger partial charge in [-0.05, 0) is 55.1 Å². The highest BCUT2D eigenvalue weighted by Gasteiger charge is 2.35. The molecule has 0 unspecified atom stereocenters. The van der Waals surface area contributed by atoms with Gasteiger partial charge in [0, 0.05) is 5.56 Å². The van der Waals surface area contributed by atoms with Crippen LogP contribution in [0.5, 0.6) is 11.5 Å². The number of ether oxygens (including phenoxy) is 3. The van der Waals surface area contributed by atoms with Crippen LogP contribution in [0.3, 0.4) is 0 Å². The van der Waals surface area contributed by atoms with Gasteiger partial charge in [-0.2, -0.15) is 0 Å². The number of hydrogen-bond acceptors (Lipinski definition) is 7. The van der Waals surface area contributed by atoms with Gasteiger partial charge in [-0.25, -0.2) is 9.18 Å². The van der Waals surface area contributed by atoms with Crippen LogP contribution in [0.25, 0.3) is 6.08 Å². The molecule has 0 radical (unpaired) electrons. The first-order valence-corrected chi connectivity index (χ1v) is 10.3. The summed E-state index contributed by atoms with van der Waals surface area (Å²) >= 11 is 0.812. The molecule has 0 aromatic heterocycles. The van der Waals surface area contributed by atoms with Gasteiger partial charge in [-0.3, -0.25) is 14.5 Å². The standard InChI is InChI=1S/C22H20FNO6S/c1-2-28-20(25)14-30-18-6-4-3-5-15(18)13-19-21(26)24(22(27)31-19)11-12-29-17-9-7-16(23)8-10-17/h3-10,13H,2,11-12,14H2,1H3/b19-13-. The molecule has 7 nitrogen and oxygen atoms in total. The number of para-hydroxylation sites is 1. The zero-order valence-corrected chi connectivity index (χ0v) is 17.5. The minimum absolute atomic E-state index is 0.0559. The summed E-state index contributed by atoms with van der Waals surface area (Å²) in [4.78, 5) is 37.8. The maximum Gasteiger partial charge on any atom is 0.344 e. The number of hydrogen-bond donors (Lipinski definition) is 0. The lowest BCUT2D eigenvalue weighted by molar-refractivity contribution is -0.145. The fraction of sp³-hybridized carbons (Fsp3) is 0.227. The topological polar surface area (TPSA) is 82.1 Å². The molecule has 2 amide bonds. The highest BCUT2D eigenvalue weighted by molar-refractivity contribution is 8.18. The number of benzene rings is 2. The molecule has 9 heteroatoms. The van der Waals surface area contributed by atoms with Gasteiger partial charge in [0.25, 0.3) is 11.1 Å². The molecule has 1 fully saturated rings. The van der Waals surface area contributed by atoms with Gasteiger partial charge in [0.15, 0.2) is 6.61 Å². The average Bonchev–Trinajstić information content (AvgIpc) is 3.02. The van der Waals surface area contributed by atoms with Crippen molar-refractivity contribution in [3.05, 3.63) is 64.8 Å². The quantitative estimate of drug-likeness (QED) is 0.428. The van der Waals surface area contributed by atoms with E-state index in [1.165, 1.54) is 24.3 Å². The molecule has 0 N–H and O–H groups in total. The van der Waals surface area contributed by atoms with E-state index in [2.05, 4.69) is 0 Å². The highest BCUT2D eigenvalue weighted by atomic mass is 32.2. The Labute approximate surface area is 182 Å². The predicted octanol–water partition coefficient (Wildman–Crippen LogP) is 3.88. The molecular formula is C22H20FNO6S. The van der Waals surface area contributed by atoms with Gasteiger partial charge >= 0.3 is 5.97 Å². The SMILES string of the molecule is CCOC(=O)COc1ccccc1/C=C1\SC(=O)N(CCOc2ccc(F)cc2)C1=O. The summed E-state index contributed by atoms with van der Waals surface area (Å²) in [6.45, 7) is 1.83. The summed E-state index contributed by atoms with van der Waals surface area (Å²) in [5, 5.41) is -0.413. The fourth-order valence-electron chi connectivity index (χ4n) is 2.69. The first-order chi connectivity index (χ1) is 15.0. The van der Waals surface area contributed by atoms with Gasteiger partial charge in [0.05, 0.1) is 18.1 Å². The normalized spacial score (nSPS) is 14.8. The molecule has 0 saturated carbocycles. The van der Waals surface area contributed by atoms with Gasteiger partial charge in [0.1, 0.15) is 23.9 Å². The molecule has 2 aromatic rings. The van der Waals surface area contributed by atoms with Crippen LogP contribution in [0.4, 0.5) is 9.18 Å². The summed E-state index contributed by atoms with van der Waals surface area (Å²) in [7, 11) is 0. The number of rotatable bonds is 9. The number of halogens is 1. The molecule has 1 aliphatic heterocycles. The van der Waals surface area contributed by atoms with Crippen molar-refractivity contribution in [2.75, 3.05) is 26.4 Å². The maximum absolute atomic E-state index is 12.9. The van der Waals surface area contributed by atoms with Crippen molar-refractivity contribution in [3.63, 3.8) is 0 Å². The molecule has 162 valence electrons. The summed E-state index contributed by atoms with van der Waals surface area (Å²) in [6.07, 6.45) is 1.55. The third-order valence-electron chi connectivity index (χ3n) is 4.13. The lowest BCUT2D eigenvalue weighted by Crippen LogP contribution is -2.32. The van der Waals surface area contributed by atoms with Gasteiger partial charge < -0.3 is 14.2 Å². The molecule has 3 rings (SSSR count). The smallest absolute Gasteiger partial charge is 0.344 e. The minimum Gasteiger partial charge on any atom is -0.492 e. The van der Waals surface area contributed by atoms with Crippen LogP contribution in [0.1, 0.15) is 12.5 Å². The highest BCUT2D eigenvalue weighted by Crippen LogP contribution is 2.33. The van der Waals surface area contributed by atoms with Crippen LogP contribution >= 0.6 is 11.8 Å². The van der Waals surface area contributed by atoms with E-state index in [9.17, 15) is 18.8 Å². The zero-order valence-electron chi connectivity index (χ0n) is 16.7. The van der Waals surface area contributed by atoms with Gasteiger partial charge in [-0.15, -0.1) is 0 Å². The Balaban J connectivity index is 1.63. The largest absolute Gasteiger partial charge is 0.492 e. The van der Waals surface area contributed by atoms with E-state index in [1.807, 2.05) is 0 Å². The van der Waals surface area contributed by atoms with E-state index in [0.717, 1.165) is 16.7 Å². The summed E-state index contributed by atoms with van der Waals surface area (Å²) in [6, 6.07) is 12.3. The number of imide groups is 1. The molecule has 1 heterocycles. The lowest BCUT2D eigenvalue weighted by Gasteiger charge is -2.13. The monoisotopic (exact) mass is 445 g/mol. The number of carbonyl (C=O) groups is 3. The maximum atomic E-state index is 12.9. The van der Waals surface area contributed by atoms with Crippen molar-refractivity contribution in [1.29, 1.82) is 0 Å². The van der Waals surface area contributed by atoms with Crippen molar-refractivity contribution >= 4 is 35.0 Å². The Morgan fingerprint density at radius 2 is 1.84 bits per heavy atom. The molecule has 0 bridgehead atoms. The van der Waals surface area contributed by atoms with Gasteiger partial charge in [-0.1, -0.05) is 18.2 Å². The average molecular weight is 445 g/mol. The third-order valence-corrected chi connectivity index (χ3v) is 5.03. The van der Waals surface area contributed by atoms with Crippen LogP contribution in [0, 0.1) is 5.82 Å². The van der Waals surface area contributed by atoms with Crippen molar-refractivity contribution in [1.82, 2.24) is 4.90 Å². The first kappa shape index (κ1) is 22.4. The van der Waals surface area contributed by atoms with Crippen LogP contribution < -0.4 is 9.47 Å². The van der Waals surface area contributed by atoms with Crippen molar-refractivity contribution in [2.45, 2.75) is 6.92 Å². The number of amides is 2. The number of nitrogens with zero attached hydrogens (tertiary/aromatic N) is 1. The summed E-state index contributed by atoms with van der Waals surface area (Å²) in [5.74, 6) is -0.495. The van der Waals surface area contributed by atoms with Crippen LogP contribution in [-0.2, 0) is 14.3 Å². The number of esters is 1. The Hall–Kier alpha value is -3.33. The van der Waals surface area contributed by atoms with Crippen LogP contribution in [-0.4, -0.2) is 48.4 Å². The predicted molar refractivity (Wildman–Crippen MR) is 113 cm³/mol. The fourth-order valence-corrected chi connectivity index (χ4v) is 3.55. The third kappa shape index (κ3) is 6.08. The van der Waals surface area contributed by atoms with Crippen molar-refractivity contribution in [3.8, 4) is 11.5 Å². The molecule has 1 saturated heterocycles. The molecular weight excluding hydrogens is 425 g/mol. The second-order valence-corrected chi connectivity index (χ2v) is 7.26. The summed E-state index contributed by atoms with van der Waals surface area (Å²) in [5.41, 5.74) is 0.555. The zero-order chi connectivity index (χ0) is 22.2. The number of carbonyl (C=O) groups excluding carboxylic acids is 3. The Morgan fingerprint density at radius 1 is 1.10 bits per heavy atom. The Bertz CT molecular complexity index is 992. The second-order valence-electron chi connectivity index (χ2n) is 6.27. The first-order valence-electron chi connectivity index (χ1n) is 9.49. The summed E-state index contributed by atoms with van der Waals surface area (Å²) < 4.78 is 28.7. The van der Waals surface area contributed by atoms with Crippen LogP contribution in [0.15, 0.2) is 53.4 Å². The molecule has 2 aromatic carbocycles. The second kappa shape index (κ2) is 10.6. The molecule has 0 spiro atoms. The van der Waals surface area contributed by atoms with E-state index in [4.69, 9.17) is 14.2 Å². The van der Waals surface area contributed by atoms with Gasteiger partial charge in [0.2, 0.25) is 0 Å². The molecule has 0 aliphatic carbocycles. The Kier molecular flexibility index (Phi) is 7.66. The number of thioether (sulfide) groups is 1.